The van der Waals surface area contributed by atoms with Gasteiger partial charge in [-0.15, -0.1) is 0 Å². The molecule has 0 amide bonds. The summed E-state index contributed by atoms with van der Waals surface area (Å²) in [5.41, 5.74) is 0. The van der Waals surface area contributed by atoms with Gasteiger partial charge in [-0.2, -0.15) is 0 Å². The van der Waals surface area contributed by atoms with Gasteiger partial charge in [-0.05, 0) is 12.3 Å². The zero-order chi connectivity index (χ0) is 15.8. The Morgan fingerprint density at radius 3 is 1.95 bits per heavy atom. The second-order valence-electron chi connectivity index (χ2n) is 5.19. The van der Waals surface area contributed by atoms with Crippen LogP contribution in [0.5, 0.6) is 0 Å². The standard InChI is InChI=1S/C13H25O6P/c1-10(2)6-8-17-20(5,16)9-7-13(18-11(3)14)19-12(4)15/h10,13H,6-9H2,1-5H3. The lowest BCUT2D eigenvalue weighted by atomic mass is 10.2. The molecule has 0 aliphatic carbocycles. The molecule has 0 aromatic carbocycles. The zero-order valence-corrected chi connectivity index (χ0v) is 13.8. The quantitative estimate of drug-likeness (QED) is 0.370. The number of esters is 2. The summed E-state index contributed by atoms with van der Waals surface area (Å²) in [5.74, 6) is -0.629. The smallest absolute Gasteiger partial charge is 0.305 e. The van der Waals surface area contributed by atoms with Gasteiger partial charge in [0.2, 0.25) is 6.29 Å². The topological polar surface area (TPSA) is 78.9 Å². The number of carbonyl (C=O) groups excluding carboxylic acids is 2. The van der Waals surface area contributed by atoms with Crippen molar-refractivity contribution >= 4 is 19.3 Å². The summed E-state index contributed by atoms with van der Waals surface area (Å²) in [7, 11) is -2.77. The Morgan fingerprint density at radius 1 is 1.05 bits per heavy atom. The molecule has 0 radical (unpaired) electrons. The van der Waals surface area contributed by atoms with Crippen molar-refractivity contribution in [3.8, 4) is 0 Å². The van der Waals surface area contributed by atoms with Gasteiger partial charge in [0.25, 0.3) is 0 Å². The van der Waals surface area contributed by atoms with Crippen LogP contribution in [0.4, 0.5) is 0 Å². The molecule has 0 N–H and O–H groups in total. The molecule has 0 bridgehead atoms. The normalized spacial score (nSPS) is 14.2. The van der Waals surface area contributed by atoms with Crippen molar-refractivity contribution < 1.29 is 28.2 Å². The highest BCUT2D eigenvalue weighted by molar-refractivity contribution is 7.58. The van der Waals surface area contributed by atoms with E-state index in [1.165, 1.54) is 20.5 Å². The predicted molar refractivity (Wildman–Crippen MR) is 75.7 cm³/mol. The molecule has 0 aliphatic heterocycles. The van der Waals surface area contributed by atoms with Crippen LogP contribution in [0.1, 0.15) is 40.5 Å². The van der Waals surface area contributed by atoms with Crippen LogP contribution in [0.3, 0.4) is 0 Å². The molecule has 0 spiro atoms. The molecule has 0 aromatic heterocycles. The molecule has 0 rings (SSSR count). The van der Waals surface area contributed by atoms with Crippen molar-refractivity contribution in [2.75, 3.05) is 19.4 Å². The monoisotopic (exact) mass is 308 g/mol. The number of hydrogen-bond acceptors (Lipinski definition) is 6. The lowest BCUT2D eigenvalue weighted by Gasteiger charge is -2.19. The van der Waals surface area contributed by atoms with E-state index in [0.29, 0.717) is 12.5 Å². The molecule has 118 valence electrons. The van der Waals surface area contributed by atoms with Crippen LogP contribution < -0.4 is 0 Å². The molecule has 6 nitrogen and oxygen atoms in total. The van der Waals surface area contributed by atoms with Gasteiger partial charge < -0.3 is 14.0 Å². The largest absolute Gasteiger partial charge is 0.425 e. The Labute approximate surface area is 120 Å². The summed E-state index contributed by atoms with van der Waals surface area (Å²) >= 11 is 0. The molecule has 20 heavy (non-hydrogen) atoms. The third-order valence-electron chi connectivity index (χ3n) is 2.43. The highest BCUT2D eigenvalue weighted by atomic mass is 31.2. The van der Waals surface area contributed by atoms with Crippen molar-refractivity contribution in [1.29, 1.82) is 0 Å². The molecule has 7 heteroatoms. The fourth-order valence-corrected chi connectivity index (χ4v) is 2.70. The summed E-state index contributed by atoms with van der Waals surface area (Å²) in [4.78, 5) is 21.8. The van der Waals surface area contributed by atoms with Gasteiger partial charge in [0.15, 0.2) is 7.37 Å². The van der Waals surface area contributed by atoms with E-state index < -0.39 is 25.6 Å². The van der Waals surface area contributed by atoms with Crippen LogP contribution in [0, 0.1) is 5.92 Å². The van der Waals surface area contributed by atoms with Gasteiger partial charge in [0.1, 0.15) is 0 Å². The lowest BCUT2D eigenvalue weighted by Crippen LogP contribution is -2.23. The SMILES string of the molecule is CC(=O)OC(CCP(C)(=O)OCCC(C)C)OC(C)=O. The van der Waals surface area contributed by atoms with Crippen molar-refractivity contribution in [1.82, 2.24) is 0 Å². The fourth-order valence-electron chi connectivity index (χ4n) is 1.40. The molecular formula is C13H25O6P. The number of carbonyl (C=O) groups is 2. The first-order chi connectivity index (χ1) is 9.12. The van der Waals surface area contributed by atoms with Gasteiger partial charge in [-0.3, -0.25) is 14.2 Å². The number of rotatable bonds is 9. The molecule has 0 aliphatic rings. The molecule has 1 atom stereocenters. The third kappa shape index (κ3) is 11.0. The van der Waals surface area contributed by atoms with Gasteiger partial charge >= 0.3 is 11.9 Å². The van der Waals surface area contributed by atoms with Crippen LogP contribution in [0.2, 0.25) is 0 Å². The first kappa shape index (κ1) is 19.1. The maximum absolute atomic E-state index is 12.2. The van der Waals surface area contributed by atoms with Gasteiger partial charge in [-0.1, -0.05) is 13.8 Å². The maximum Gasteiger partial charge on any atom is 0.305 e. The van der Waals surface area contributed by atoms with E-state index >= 15 is 0 Å². The summed E-state index contributed by atoms with van der Waals surface area (Å²) in [5, 5.41) is 0. The third-order valence-corrected chi connectivity index (χ3v) is 4.22. The lowest BCUT2D eigenvalue weighted by molar-refractivity contribution is -0.184. The van der Waals surface area contributed by atoms with Crippen LogP contribution in [-0.4, -0.2) is 37.7 Å². The Kier molecular flexibility index (Phi) is 8.74. The highest BCUT2D eigenvalue weighted by Gasteiger charge is 2.22. The zero-order valence-electron chi connectivity index (χ0n) is 12.9. The van der Waals surface area contributed by atoms with Gasteiger partial charge in [0.05, 0.1) is 6.61 Å². The minimum absolute atomic E-state index is 0.161. The highest BCUT2D eigenvalue weighted by Crippen LogP contribution is 2.43. The van der Waals surface area contributed by atoms with Crippen LogP contribution >= 0.6 is 7.37 Å². The molecule has 0 fully saturated rings. The van der Waals surface area contributed by atoms with E-state index in [4.69, 9.17) is 14.0 Å². The summed E-state index contributed by atoms with van der Waals surface area (Å²) < 4.78 is 27.2. The van der Waals surface area contributed by atoms with Crippen LogP contribution in [-0.2, 0) is 28.2 Å². The van der Waals surface area contributed by atoms with E-state index in [9.17, 15) is 14.2 Å². The molecule has 0 saturated heterocycles. The van der Waals surface area contributed by atoms with E-state index in [1.807, 2.05) is 0 Å². The van der Waals surface area contributed by atoms with E-state index in [1.54, 1.807) is 0 Å². The van der Waals surface area contributed by atoms with Crippen molar-refractivity contribution in [3.63, 3.8) is 0 Å². The average Bonchev–Trinajstić information content (AvgIpc) is 2.23. The van der Waals surface area contributed by atoms with Gasteiger partial charge in [0, 0.05) is 33.1 Å². The van der Waals surface area contributed by atoms with Crippen LogP contribution in [0.25, 0.3) is 0 Å². The minimum atomic E-state index is -2.77. The second kappa shape index (κ2) is 9.14. The predicted octanol–water partition coefficient (Wildman–Crippen LogP) is 2.80. The molecule has 0 aromatic rings. The second-order valence-corrected chi connectivity index (χ2v) is 7.92. The average molecular weight is 308 g/mol. The van der Waals surface area contributed by atoms with Crippen molar-refractivity contribution in [2.45, 2.75) is 46.8 Å². The van der Waals surface area contributed by atoms with Gasteiger partial charge in [-0.25, -0.2) is 0 Å². The fraction of sp³-hybridized carbons (Fsp3) is 0.846. The van der Waals surface area contributed by atoms with Crippen LogP contribution in [0.15, 0.2) is 0 Å². The Bertz CT molecular complexity index is 350. The first-order valence-electron chi connectivity index (χ1n) is 6.68. The Morgan fingerprint density at radius 2 is 1.55 bits per heavy atom. The summed E-state index contributed by atoms with van der Waals surface area (Å²) in [6.07, 6.45) is 0.173. The van der Waals surface area contributed by atoms with E-state index in [-0.39, 0.29) is 12.6 Å². The Hall–Kier alpha value is -0.870. The number of hydrogen-bond donors (Lipinski definition) is 0. The van der Waals surface area contributed by atoms with Crippen molar-refractivity contribution in [2.24, 2.45) is 5.92 Å². The summed E-state index contributed by atoms with van der Waals surface area (Å²) in [6.45, 7) is 8.52. The maximum atomic E-state index is 12.2. The molecule has 1 unspecified atom stereocenters. The number of ether oxygens (including phenoxy) is 2. The van der Waals surface area contributed by atoms with E-state index in [0.717, 1.165) is 6.42 Å². The van der Waals surface area contributed by atoms with Crippen molar-refractivity contribution in [3.05, 3.63) is 0 Å². The minimum Gasteiger partial charge on any atom is -0.425 e. The molecular weight excluding hydrogens is 283 g/mol. The Balaban J connectivity index is 4.25. The first-order valence-corrected chi connectivity index (χ1v) is 8.93. The molecule has 0 saturated carbocycles. The molecule has 0 heterocycles. The van der Waals surface area contributed by atoms with E-state index in [2.05, 4.69) is 13.8 Å². The summed E-state index contributed by atoms with van der Waals surface area (Å²) in [6, 6.07) is 0.